The molecule has 0 aromatic carbocycles. The first kappa shape index (κ1) is 13.4. The molecule has 0 N–H and O–H groups in total. The van der Waals surface area contributed by atoms with Crippen molar-refractivity contribution >= 4 is 33.3 Å². The van der Waals surface area contributed by atoms with E-state index < -0.39 is 6.08 Å². The summed E-state index contributed by atoms with van der Waals surface area (Å²) in [5, 5.41) is 4.06. The van der Waals surface area contributed by atoms with Gasteiger partial charge in [-0.3, -0.25) is 0 Å². The van der Waals surface area contributed by atoms with Crippen LogP contribution in [-0.2, 0) is 0 Å². The standard InChI is InChI=1S/C12H12F2N2S2/c13-10(14)4-2-1-3-6-17-11-9-5-7-18-12(9)16-8-15-11/h4-5,7-8H,1-3,6H2. The average Bonchev–Trinajstić information content (AvgIpc) is 2.82. The summed E-state index contributed by atoms with van der Waals surface area (Å²) in [7, 11) is 0. The fraction of sp³-hybridized carbons (Fsp3) is 0.333. The zero-order valence-electron chi connectivity index (χ0n) is 9.60. The maximum Gasteiger partial charge on any atom is 0.266 e. The quantitative estimate of drug-likeness (QED) is 0.436. The molecule has 2 aromatic heterocycles. The van der Waals surface area contributed by atoms with Crippen LogP contribution in [0.5, 0.6) is 0 Å². The Kier molecular flexibility index (Phi) is 5.07. The van der Waals surface area contributed by atoms with Crippen LogP contribution >= 0.6 is 23.1 Å². The number of nitrogens with zero attached hydrogens (tertiary/aromatic N) is 2. The molecule has 2 aromatic rings. The van der Waals surface area contributed by atoms with Gasteiger partial charge in [-0.15, -0.1) is 23.1 Å². The highest BCUT2D eigenvalue weighted by molar-refractivity contribution is 7.99. The van der Waals surface area contributed by atoms with Gasteiger partial charge >= 0.3 is 0 Å². The number of hydrogen-bond acceptors (Lipinski definition) is 4. The van der Waals surface area contributed by atoms with Crippen molar-refractivity contribution in [2.24, 2.45) is 0 Å². The summed E-state index contributed by atoms with van der Waals surface area (Å²) < 4.78 is 23.6. The molecule has 0 spiro atoms. The number of allylic oxidation sites excluding steroid dienone is 1. The van der Waals surface area contributed by atoms with Crippen LogP contribution in [0.1, 0.15) is 19.3 Å². The fourth-order valence-corrected chi connectivity index (χ4v) is 3.29. The number of aromatic nitrogens is 2. The molecule has 0 saturated carbocycles. The van der Waals surface area contributed by atoms with Gasteiger partial charge in [0, 0.05) is 5.39 Å². The van der Waals surface area contributed by atoms with Crippen LogP contribution in [0.15, 0.2) is 35.0 Å². The molecule has 18 heavy (non-hydrogen) atoms. The van der Waals surface area contributed by atoms with E-state index in [0.29, 0.717) is 6.42 Å². The Labute approximate surface area is 112 Å². The SMILES string of the molecule is FC(F)=CCCCCSc1ncnc2sccc12. The smallest absolute Gasteiger partial charge is 0.229 e. The van der Waals surface area contributed by atoms with Gasteiger partial charge < -0.3 is 0 Å². The van der Waals surface area contributed by atoms with Crippen LogP contribution in [0.2, 0.25) is 0 Å². The summed E-state index contributed by atoms with van der Waals surface area (Å²) in [6.45, 7) is 0. The van der Waals surface area contributed by atoms with Crippen LogP contribution in [0, 0.1) is 0 Å². The van der Waals surface area contributed by atoms with Gasteiger partial charge in [0.05, 0.1) is 0 Å². The van der Waals surface area contributed by atoms with Crippen molar-refractivity contribution in [1.82, 2.24) is 9.97 Å². The van der Waals surface area contributed by atoms with Crippen molar-refractivity contribution < 1.29 is 8.78 Å². The molecule has 0 unspecified atom stereocenters. The molecule has 0 amide bonds. The Balaban J connectivity index is 1.80. The summed E-state index contributed by atoms with van der Waals surface area (Å²) >= 11 is 3.26. The first-order valence-electron chi connectivity index (χ1n) is 5.59. The maximum absolute atomic E-state index is 11.8. The molecule has 2 rings (SSSR count). The lowest BCUT2D eigenvalue weighted by molar-refractivity contribution is 0.417. The molecular weight excluding hydrogens is 274 g/mol. The second-order valence-corrected chi connectivity index (χ2v) is 5.63. The van der Waals surface area contributed by atoms with E-state index >= 15 is 0 Å². The van der Waals surface area contributed by atoms with E-state index in [9.17, 15) is 8.78 Å². The lowest BCUT2D eigenvalue weighted by atomic mass is 10.2. The van der Waals surface area contributed by atoms with Gasteiger partial charge in [-0.2, -0.15) is 8.78 Å². The van der Waals surface area contributed by atoms with E-state index in [1.54, 1.807) is 29.4 Å². The lowest BCUT2D eigenvalue weighted by Crippen LogP contribution is -1.86. The Morgan fingerprint density at radius 1 is 1.33 bits per heavy atom. The minimum Gasteiger partial charge on any atom is -0.229 e. The van der Waals surface area contributed by atoms with Gasteiger partial charge in [0.25, 0.3) is 6.08 Å². The topological polar surface area (TPSA) is 25.8 Å². The Morgan fingerprint density at radius 3 is 3.06 bits per heavy atom. The maximum atomic E-state index is 11.8. The molecular formula is C12H12F2N2S2. The Hall–Kier alpha value is -1.01. The largest absolute Gasteiger partial charge is 0.266 e. The van der Waals surface area contributed by atoms with Gasteiger partial charge in [0.2, 0.25) is 0 Å². The highest BCUT2D eigenvalue weighted by atomic mass is 32.2. The minimum atomic E-state index is -1.58. The van der Waals surface area contributed by atoms with Crippen molar-refractivity contribution in [2.45, 2.75) is 24.3 Å². The van der Waals surface area contributed by atoms with E-state index in [1.807, 2.05) is 11.4 Å². The van der Waals surface area contributed by atoms with Crippen LogP contribution in [-0.4, -0.2) is 15.7 Å². The third kappa shape index (κ3) is 3.74. The van der Waals surface area contributed by atoms with E-state index in [1.165, 1.54) is 0 Å². The Morgan fingerprint density at radius 2 is 2.22 bits per heavy atom. The first-order chi connectivity index (χ1) is 8.77. The summed E-state index contributed by atoms with van der Waals surface area (Å²) in [4.78, 5) is 9.43. The molecule has 0 aliphatic heterocycles. The van der Waals surface area contributed by atoms with Crippen molar-refractivity contribution in [3.63, 3.8) is 0 Å². The highest BCUT2D eigenvalue weighted by Gasteiger charge is 2.04. The predicted octanol–water partition coefficient (Wildman–Crippen LogP) is 4.73. The van der Waals surface area contributed by atoms with E-state index in [0.717, 1.165) is 39.9 Å². The zero-order chi connectivity index (χ0) is 12.8. The molecule has 0 atom stereocenters. The molecule has 96 valence electrons. The van der Waals surface area contributed by atoms with Crippen LogP contribution in [0.3, 0.4) is 0 Å². The van der Waals surface area contributed by atoms with Crippen molar-refractivity contribution in [3.8, 4) is 0 Å². The molecule has 0 aliphatic carbocycles. The summed E-state index contributed by atoms with van der Waals surface area (Å²) in [6.07, 6.45) is 3.10. The highest BCUT2D eigenvalue weighted by Crippen LogP contribution is 2.28. The lowest BCUT2D eigenvalue weighted by Gasteiger charge is -2.01. The molecule has 6 heteroatoms. The average molecular weight is 286 g/mol. The third-order valence-electron chi connectivity index (χ3n) is 2.36. The number of thiophene rings is 1. The molecule has 0 saturated heterocycles. The van der Waals surface area contributed by atoms with E-state index in [2.05, 4.69) is 9.97 Å². The number of fused-ring (bicyclic) bond motifs is 1. The molecule has 0 aliphatic rings. The second-order valence-electron chi connectivity index (χ2n) is 3.66. The molecule has 2 nitrogen and oxygen atoms in total. The number of hydrogen-bond donors (Lipinski definition) is 0. The van der Waals surface area contributed by atoms with Crippen molar-refractivity contribution in [1.29, 1.82) is 0 Å². The van der Waals surface area contributed by atoms with Gasteiger partial charge in [-0.25, -0.2) is 9.97 Å². The zero-order valence-corrected chi connectivity index (χ0v) is 11.2. The van der Waals surface area contributed by atoms with Crippen LogP contribution in [0.4, 0.5) is 8.78 Å². The molecule has 2 heterocycles. The summed E-state index contributed by atoms with van der Waals surface area (Å²) in [6, 6.07) is 2.02. The molecule has 0 fully saturated rings. The third-order valence-corrected chi connectivity index (χ3v) is 4.27. The normalized spacial score (nSPS) is 10.8. The first-order valence-corrected chi connectivity index (χ1v) is 7.46. The van der Waals surface area contributed by atoms with Gasteiger partial charge in [-0.1, -0.05) is 0 Å². The summed E-state index contributed by atoms with van der Waals surface area (Å²) in [5.41, 5.74) is 0. The minimum absolute atomic E-state index is 0.445. The van der Waals surface area contributed by atoms with Crippen molar-refractivity contribution in [2.75, 3.05) is 5.75 Å². The number of rotatable bonds is 6. The second kappa shape index (κ2) is 6.80. The number of halogens is 2. The fourth-order valence-electron chi connectivity index (χ4n) is 1.51. The van der Waals surface area contributed by atoms with Gasteiger partial charge in [0.1, 0.15) is 16.2 Å². The Bertz CT molecular complexity index is 536. The monoisotopic (exact) mass is 286 g/mol. The molecule has 0 radical (unpaired) electrons. The van der Waals surface area contributed by atoms with Gasteiger partial charge in [0.15, 0.2) is 0 Å². The van der Waals surface area contributed by atoms with Crippen LogP contribution < -0.4 is 0 Å². The number of thioether (sulfide) groups is 1. The molecule has 0 bridgehead atoms. The van der Waals surface area contributed by atoms with E-state index in [-0.39, 0.29) is 0 Å². The van der Waals surface area contributed by atoms with Crippen LogP contribution in [0.25, 0.3) is 10.2 Å². The summed E-state index contributed by atoms with van der Waals surface area (Å²) in [5.74, 6) is 0.893. The van der Waals surface area contributed by atoms with Gasteiger partial charge in [-0.05, 0) is 42.5 Å². The predicted molar refractivity (Wildman–Crippen MR) is 72.3 cm³/mol. The number of unbranched alkanes of at least 4 members (excludes halogenated alkanes) is 2. The van der Waals surface area contributed by atoms with Crippen molar-refractivity contribution in [3.05, 3.63) is 29.9 Å². The van der Waals surface area contributed by atoms with E-state index in [4.69, 9.17) is 0 Å².